The lowest BCUT2D eigenvalue weighted by Gasteiger charge is -2.27. The number of benzene rings is 1. The zero-order valence-electron chi connectivity index (χ0n) is 21.7. The van der Waals surface area contributed by atoms with E-state index in [9.17, 15) is 23.2 Å². The molecule has 1 amide bonds. The summed E-state index contributed by atoms with van der Waals surface area (Å²) in [4.78, 5) is 15.0. The number of halogens is 3. The summed E-state index contributed by atoms with van der Waals surface area (Å²) in [6.07, 6.45) is 3.09. The molecule has 0 N–H and O–H groups in total. The van der Waals surface area contributed by atoms with Crippen LogP contribution in [0.25, 0.3) is 11.3 Å². The molecule has 4 rings (SSSR count). The fourth-order valence-corrected chi connectivity index (χ4v) is 5.12. The van der Waals surface area contributed by atoms with Crippen molar-refractivity contribution in [1.82, 2.24) is 20.0 Å². The van der Waals surface area contributed by atoms with Gasteiger partial charge in [0.15, 0.2) is 17.5 Å². The Morgan fingerprint density at radius 1 is 1.13 bits per heavy atom. The van der Waals surface area contributed by atoms with Crippen LogP contribution in [0.3, 0.4) is 0 Å². The molecule has 0 spiro atoms. The van der Waals surface area contributed by atoms with Gasteiger partial charge in [0.2, 0.25) is 5.91 Å². The number of anilines is 1. The molecule has 3 aromatic rings. The summed E-state index contributed by atoms with van der Waals surface area (Å²) in [6.45, 7) is 9.32. The second-order valence-electron chi connectivity index (χ2n) is 10.7. The normalized spacial score (nSPS) is 17.7. The first-order chi connectivity index (χ1) is 18.0. The lowest BCUT2D eigenvalue weighted by atomic mass is 9.90. The molecule has 0 bridgehead atoms. The Morgan fingerprint density at radius 3 is 2.45 bits per heavy atom. The third-order valence-electron chi connectivity index (χ3n) is 6.56. The van der Waals surface area contributed by atoms with E-state index in [0.29, 0.717) is 18.1 Å². The van der Waals surface area contributed by atoms with Crippen LogP contribution in [0, 0.1) is 47.5 Å². The number of aromatic nitrogens is 4. The molecule has 2 unspecified atom stereocenters. The monoisotopic (exact) mass is 542 g/mol. The van der Waals surface area contributed by atoms with Crippen molar-refractivity contribution in [2.24, 2.45) is 11.8 Å². The van der Waals surface area contributed by atoms with Gasteiger partial charge >= 0.3 is 0 Å². The summed E-state index contributed by atoms with van der Waals surface area (Å²) >= 11 is 0. The van der Waals surface area contributed by atoms with E-state index in [1.807, 2.05) is 6.92 Å². The first-order valence-electron chi connectivity index (χ1n) is 12.3. The van der Waals surface area contributed by atoms with Gasteiger partial charge in [0.1, 0.15) is 12.5 Å². The first-order valence-corrected chi connectivity index (χ1v) is 16.0. The van der Waals surface area contributed by atoms with E-state index in [0.717, 1.165) is 29.3 Å². The molecule has 3 heterocycles. The van der Waals surface area contributed by atoms with Gasteiger partial charge in [-0.1, -0.05) is 0 Å². The first kappa shape index (κ1) is 27.5. The number of carbonyl (C=O) groups excluding carboxylic acids is 1. The molecule has 0 aliphatic carbocycles. The zero-order chi connectivity index (χ0) is 27.6. The number of hydrogen-bond acceptors (Lipinski definition) is 6. The second kappa shape index (κ2) is 11.0. The smallest absolute Gasteiger partial charge is 0.233 e. The van der Waals surface area contributed by atoms with E-state index in [1.54, 1.807) is 23.1 Å². The lowest BCUT2D eigenvalue weighted by molar-refractivity contribution is -0.120. The van der Waals surface area contributed by atoms with Crippen LogP contribution in [-0.2, 0) is 22.7 Å². The molecule has 201 valence electrons. The van der Waals surface area contributed by atoms with Crippen molar-refractivity contribution >= 4 is 19.8 Å². The summed E-state index contributed by atoms with van der Waals surface area (Å²) in [5.74, 6) is -5.81. The number of rotatable bonds is 9. The van der Waals surface area contributed by atoms with E-state index < -0.39 is 37.4 Å². The number of hydrogen-bond donors (Lipinski definition) is 0. The minimum Gasteiger partial charge on any atom is -0.362 e. The molecule has 12 heteroatoms. The van der Waals surface area contributed by atoms with Gasteiger partial charge in [0.05, 0.1) is 36.0 Å². The minimum absolute atomic E-state index is 0.0692. The molecule has 1 aromatic carbocycles. The highest BCUT2D eigenvalue weighted by Gasteiger charge is 2.42. The van der Waals surface area contributed by atoms with Gasteiger partial charge in [0.25, 0.3) is 0 Å². The summed E-state index contributed by atoms with van der Waals surface area (Å²) in [5, 5.41) is 22.3. The predicted molar refractivity (Wildman–Crippen MR) is 137 cm³/mol. The third kappa shape index (κ3) is 5.94. The molecule has 0 saturated carbocycles. The van der Waals surface area contributed by atoms with Crippen molar-refractivity contribution < 1.29 is 22.7 Å². The number of nitriles is 1. The number of amides is 1. The van der Waals surface area contributed by atoms with E-state index in [-0.39, 0.29) is 31.2 Å². The fourth-order valence-electron chi connectivity index (χ4n) is 4.36. The van der Waals surface area contributed by atoms with Crippen molar-refractivity contribution in [3.8, 4) is 17.3 Å². The number of aryl methyl sites for hydroxylation is 1. The molecule has 1 aliphatic rings. The third-order valence-corrected chi connectivity index (χ3v) is 8.27. The van der Waals surface area contributed by atoms with E-state index >= 15 is 0 Å². The van der Waals surface area contributed by atoms with Crippen molar-refractivity contribution in [3.05, 3.63) is 59.2 Å². The largest absolute Gasteiger partial charge is 0.362 e. The van der Waals surface area contributed by atoms with E-state index in [2.05, 4.69) is 41.0 Å². The summed E-state index contributed by atoms with van der Waals surface area (Å²) in [6, 6.07) is 6.55. The zero-order valence-corrected chi connectivity index (χ0v) is 22.7. The Hall–Kier alpha value is -3.56. The Morgan fingerprint density at radius 2 is 1.82 bits per heavy atom. The van der Waals surface area contributed by atoms with Crippen LogP contribution in [-0.4, -0.2) is 47.1 Å². The fraction of sp³-hybridized carbons (Fsp3) is 0.423. The highest BCUT2D eigenvalue weighted by atomic mass is 28.3. The van der Waals surface area contributed by atoms with Crippen LogP contribution < -0.4 is 4.90 Å². The maximum atomic E-state index is 13.8. The number of ether oxygens (including phenoxy) is 1. The highest BCUT2D eigenvalue weighted by molar-refractivity contribution is 6.76. The minimum atomic E-state index is -1.57. The van der Waals surface area contributed by atoms with Crippen molar-refractivity contribution in [1.29, 1.82) is 5.26 Å². The van der Waals surface area contributed by atoms with Crippen LogP contribution >= 0.6 is 0 Å². The number of nitrogens with zero attached hydrogens (tertiary/aromatic N) is 6. The van der Waals surface area contributed by atoms with Gasteiger partial charge in [-0.2, -0.15) is 40.2 Å². The highest BCUT2D eigenvalue weighted by Crippen LogP contribution is 2.35. The van der Waals surface area contributed by atoms with Crippen LogP contribution in [0.5, 0.6) is 0 Å². The lowest BCUT2D eigenvalue weighted by Crippen LogP contribution is -2.30. The Kier molecular flexibility index (Phi) is 7.98. The predicted octanol–water partition coefficient (Wildman–Crippen LogP) is 4.72. The van der Waals surface area contributed by atoms with E-state index in [1.165, 1.54) is 4.90 Å². The molecule has 1 fully saturated rings. The average Bonchev–Trinajstić information content (AvgIpc) is 3.40. The topological polar surface area (TPSA) is 96.9 Å². The molecular formula is C26H29F3N6O2Si-. The Balaban J connectivity index is 1.64. The van der Waals surface area contributed by atoms with E-state index in [4.69, 9.17) is 4.74 Å². The van der Waals surface area contributed by atoms with Crippen molar-refractivity contribution in [3.63, 3.8) is 0 Å². The molecule has 0 radical (unpaired) electrons. The standard InChI is InChI=1S/C26H29F3N6O2Si/c1-16-12-31-32-13-20(16)23-10-24(35(33-23)15-37-5-6-38(2,3)4)34-14-18(11-30)19(26(34)36)7-17-8-21(27)25(29)22(28)9-17/h8-10,12-13,18-19H,5-7,14-15H2,1-4H3/q-1. The molecule has 1 saturated heterocycles. The van der Waals surface area contributed by atoms with Crippen molar-refractivity contribution in [2.45, 2.75) is 45.8 Å². The Bertz CT molecular complexity index is 1360. The second-order valence-corrected chi connectivity index (χ2v) is 16.3. The van der Waals surface area contributed by atoms with Crippen molar-refractivity contribution in [2.75, 3.05) is 18.1 Å². The molecule has 8 nitrogen and oxygen atoms in total. The summed E-state index contributed by atoms with van der Waals surface area (Å²) in [7, 11) is -1.32. The molecule has 38 heavy (non-hydrogen) atoms. The molecule has 2 atom stereocenters. The van der Waals surface area contributed by atoms with Crippen LogP contribution in [0.4, 0.5) is 19.0 Å². The van der Waals surface area contributed by atoms with Gasteiger partial charge in [-0.3, -0.25) is 9.69 Å². The number of carbonyl (C=O) groups is 1. The van der Waals surface area contributed by atoms with Crippen LogP contribution in [0.15, 0.2) is 30.6 Å². The maximum absolute atomic E-state index is 13.8. The maximum Gasteiger partial charge on any atom is 0.233 e. The molecule has 2 aromatic heterocycles. The summed E-state index contributed by atoms with van der Waals surface area (Å²) in [5.41, 5.74) is 2.24. The molecule has 1 aliphatic heterocycles. The average molecular weight is 543 g/mol. The van der Waals surface area contributed by atoms with Crippen LogP contribution in [0.1, 0.15) is 11.1 Å². The van der Waals surface area contributed by atoms with Gasteiger partial charge in [0, 0.05) is 24.8 Å². The van der Waals surface area contributed by atoms with Crippen LogP contribution in [0.2, 0.25) is 25.7 Å². The quantitative estimate of drug-likeness (QED) is 0.221. The molecular weight excluding hydrogens is 513 g/mol. The Labute approximate surface area is 220 Å². The van der Waals surface area contributed by atoms with Gasteiger partial charge in [-0.15, -0.1) is 14.1 Å². The van der Waals surface area contributed by atoms with Gasteiger partial charge in [-0.25, -0.2) is 17.9 Å². The van der Waals surface area contributed by atoms with Gasteiger partial charge in [-0.05, 0) is 36.6 Å². The van der Waals surface area contributed by atoms with Gasteiger partial charge < -0.3 is 4.74 Å². The summed E-state index contributed by atoms with van der Waals surface area (Å²) < 4.78 is 48.5. The SMILES string of the molecule is Cc1cnncc1-c1cc(N2CC(C#N)C(Cc3cc(F)c(F)c(F)c3)C2=O)n(COCC[Si-](C)(C)C)n1.